The van der Waals surface area contributed by atoms with E-state index in [1.807, 2.05) is 0 Å². The van der Waals surface area contributed by atoms with E-state index < -0.39 is 0 Å². The third-order valence-corrected chi connectivity index (χ3v) is 9.25. The van der Waals surface area contributed by atoms with Crippen LogP contribution in [-0.4, -0.2) is 9.55 Å². The Kier molecular flexibility index (Phi) is 5.99. The summed E-state index contributed by atoms with van der Waals surface area (Å²) in [6.07, 6.45) is 6.77. The van der Waals surface area contributed by atoms with E-state index in [4.69, 9.17) is 4.98 Å². The average molecular weight is 575 g/mol. The molecule has 0 spiro atoms. The van der Waals surface area contributed by atoms with Crippen LogP contribution in [0, 0.1) is 0 Å². The highest BCUT2D eigenvalue weighted by Crippen LogP contribution is 2.45. The number of allylic oxidation sites excluding steroid dienone is 1. The second-order valence-corrected chi connectivity index (χ2v) is 11.9. The number of aromatic nitrogens is 2. The number of imidazole rings is 1. The Labute approximate surface area is 262 Å². The summed E-state index contributed by atoms with van der Waals surface area (Å²) in [5.41, 5.74) is 12.3. The van der Waals surface area contributed by atoms with Gasteiger partial charge < -0.3 is 0 Å². The van der Waals surface area contributed by atoms with Gasteiger partial charge in [-0.15, -0.1) is 0 Å². The van der Waals surface area contributed by atoms with E-state index >= 15 is 0 Å². The number of para-hydroxylation sites is 2. The molecular formula is C43H30N2. The van der Waals surface area contributed by atoms with Crippen LogP contribution in [0.15, 0.2) is 152 Å². The van der Waals surface area contributed by atoms with Gasteiger partial charge in [0.25, 0.3) is 0 Å². The van der Waals surface area contributed by atoms with E-state index in [0.29, 0.717) is 0 Å². The zero-order chi connectivity index (χ0) is 29.7. The molecule has 0 fully saturated rings. The predicted octanol–water partition coefficient (Wildman–Crippen LogP) is 11.3. The maximum Gasteiger partial charge on any atom is 0.145 e. The van der Waals surface area contributed by atoms with Crippen molar-refractivity contribution in [2.24, 2.45) is 0 Å². The third-order valence-electron chi connectivity index (χ3n) is 9.25. The number of benzene rings is 7. The number of nitrogens with zero attached hydrogens (tertiary/aromatic N) is 2. The second kappa shape index (κ2) is 10.5. The monoisotopic (exact) mass is 574 g/mol. The Hall–Kier alpha value is -5.73. The molecule has 45 heavy (non-hydrogen) atoms. The Balaban J connectivity index is 1.24. The van der Waals surface area contributed by atoms with Crippen molar-refractivity contribution in [1.82, 2.24) is 9.55 Å². The molecule has 0 N–H and O–H groups in total. The van der Waals surface area contributed by atoms with Crippen molar-refractivity contribution in [3.63, 3.8) is 0 Å². The van der Waals surface area contributed by atoms with Crippen molar-refractivity contribution < 1.29 is 0 Å². The fraction of sp³-hybridized carbons (Fsp3) is 0.0465. The van der Waals surface area contributed by atoms with Crippen molar-refractivity contribution in [3.05, 3.63) is 163 Å². The van der Waals surface area contributed by atoms with Crippen LogP contribution < -0.4 is 0 Å². The lowest BCUT2D eigenvalue weighted by atomic mass is 9.80. The molecule has 0 saturated heterocycles. The molecule has 2 nitrogen and oxygen atoms in total. The standard InChI is InChI=1S/C43H30N2/c1-2-13-31(14-3-1)43-44-39-20-10-11-21-40(39)45(43)34-26-24-30(25-27-34)41-35-16-6-8-18-37(35)42(38-19-9-7-17-36(38)41)33-23-22-29-12-4-5-15-32(29)28-33/h1-6,8-16,18-28H,7,17H2. The highest BCUT2D eigenvalue weighted by Gasteiger charge is 2.22. The molecule has 0 aliphatic heterocycles. The maximum atomic E-state index is 5.05. The zero-order valence-electron chi connectivity index (χ0n) is 24.8. The first-order valence-corrected chi connectivity index (χ1v) is 15.7. The van der Waals surface area contributed by atoms with Gasteiger partial charge in [-0.1, -0.05) is 127 Å². The molecule has 1 aliphatic rings. The van der Waals surface area contributed by atoms with Crippen LogP contribution in [0.3, 0.4) is 0 Å². The van der Waals surface area contributed by atoms with Crippen molar-refractivity contribution in [2.75, 3.05) is 0 Å². The fourth-order valence-electron chi connectivity index (χ4n) is 7.22. The van der Waals surface area contributed by atoms with Crippen LogP contribution >= 0.6 is 0 Å². The minimum absolute atomic E-state index is 0.956. The lowest BCUT2D eigenvalue weighted by Gasteiger charge is -2.24. The summed E-state index contributed by atoms with van der Waals surface area (Å²) in [6.45, 7) is 0. The molecule has 7 aromatic carbocycles. The van der Waals surface area contributed by atoms with E-state index in [1.54, 1.807) is 0 Å². The lowest BCUT2D eigenvalue weighted by Crippen LogP contribution is -2.03. The summed E-state index contributed by atoms with van der Waals surface area (Å²) >= 11 is 0. The summed E-state index contributed by atoms with van der Waals surface area (Å²) in [7, 11) is 0. The Morgan fingerprint density at radius 3 is 2.07 bits per heavy atom. The van der Waals surface area contributed by atoms with E-state index in [9.17, 15) is 0 Å². The highest BCUT2D eigenvalue weighted by atomic mass is 15.1. The SMILES string of the molecule is C1=Cc2c(c(-c3ccc(-n4c(-c5ccccc5)nc5ccccc54)cc3)c3ccccc3c2-c2ccc3ccccc3c2)CC1. The van der Waals surface area contributed by atoms with Gasteiger partial charge in [-0.25, -0.2) is 4.98 Å². The third kappa shape index (κ3) is 4.22. The van der Waals surface area contributed by atoms with Gasteiger partial charge in [0.05, 0.1) is 11.0 Å². The molecule has 0 saturated carbocycles. The first-order chi connectivity index (χ1) is 22.3. The summed E-state index contributed by atoms with van der Waals surface area (Å²) < 4.78 is 2.29. The first kappa shape index (κ1) is 25.7. The fourth-order valence-corrected chi connectivity index (χ4v) is 7.22. The van der Waals surface area contributed by atoms with Gasteiger partial charge in [0, 0.05) is 11.3 Å². The molecule has 0 unspecified atom stereocenters. The summed E-state index contributed by atoms with van der Waals surface area (Å²) in [5, 5.41) is 5.14. The Morgan fingerprint density at radius 1 is 0.533 bits per heavy atom. The number of hydrogen-bond donors (Lipinski definition) is 0. The molecule has 2 heteroatoms. The minimum Gasteiger partial charge on any atom is -0.292 e. The van der Waals surface area contributed by atoms with Gasteiger partial charge in [-0.05, 0) is 98.1 Å². The normalized spacial score (nSPS) is 12.6. The maximum absolute atomic E-state index is 5.05. The Morgan fingerprint density at radius 2 is 1.22 bits per heavy atom. The molecule has 9 rings (SSSR count). The first-order valence-electron chi connectivity index (χ1n) is 15.7. The highest BCUT2D eigenvalue weighted by molar-refractivity contribution is 6.10. The van der Waals surface area contributed by atoms with Crippen LogP contribution in [0.4, 0.5) is 0 Å². The van der Waals surface area contributed by atoms with Gasteiger partial charge >= 0.3 is 0 Å². The molecule has 1 aromatic heterocycles. The molecule has 0 amide bonds. The van der Waals surface area contributed by atoms with Crippen molar-refractivity contribution in [1.29, 1.82) is 0 Å². The van der Waals surface area contributed by atoms with E-state index in [0.717, 1.165) is 41.0 Å². The number of hydrogen-bond acceptors (Lipinski definition) is 1. The molecular weight excluding hydrogens is 544 g/mol. The van der Waals surface area contributed by atoms with Crippen molar-refractivity contribution >= 4 is 38.7 Å². The van der Waals surface area contributed by atoms with Gasteiger partial charge in [0.2, 0.25) is 0 Å². The molecule has 212 valence electrons. The quantitative estimate of drug-likeness (QED) is 0.204. The largest absolute Gasteiger partial charge is 0.292 e. The topological polar surface area (TPSA) is 17.8 Å². The number of fused-ring (bicyclic) bond motifs is 4. The summed E-state index contributed by atoms with van der Waals surface area (Å²) in [4.78, 5) is 5.05. The molecule has 0 bridgehead atoms. The molecule has 1 heterocycles. The predicted molar refractivity (Wildman–Crippen MR) is 190 cm³/mol. The zero-order valence-corrected chi connectivity index (χ0v) is 24.8. The van der Waals surface area contributed by atoms with Crippen molar-refractivity contribution in [3.8, 4) is 39.3 Å². The lowest BCUT2D eigenvalue weighted by molar-refractivity contribution is 0.991. The minimum atomic E-state index is 0.956. The van der Waals surface area contributed by atoms with Gasteiger partial charge in [0.15, 0.2) is 0 Å². The van der Waals surface area contributed by atoms with E-state index in [-0.39, 0.29) is 0 Å². The van der Waals surface area contributed by atoms with Crippen LogP contribution in [0.5, 0.6) is 0 Å². The number of rotatable bonds is 4. The van der Waals surface area contributed by atoms with Crippen molar-refractivity contribution in [2.45, 2.75) is 12.8 Å². The molecule has 0 radical (unpaired) electrons. The second-order valence-electron chi connectivity index (χ2n) is 11.9. The van der Waals surface area contributed by atoms with E-state index in [1.165, 1.54) is 54.9 Å². The van der Waals surface area contributed by atoms with Crippen LogP contribution in [-0.2, 0) is 6.42 Å². The average Bonchev–Trinajstić information content (AvgIpc) is 3.51. The van der Waals surface area contributed by atoms with Gasteiger partial charge in [-0.2, -0.15) is 0 Å². The van der Waals surface area contributed by atoms with Crippen LogP contribution in [0.1, 0.15) is 17.5 Å². The van der Waals surface area contributed by atoms with Crippen LogP contribution in [0.25, 0.3) is 78.0 Å². The molecule has 0 atom stereocenters. The molecule has 8 aromatic rings. The summed E-state index contributed by atoms with van der Waals surface area (Å²) in [5.74, 6) is 0.956. The smallest absolute Gasteiger partial charge is 0.145 e. The molecule has 1 aliphatic carbocycles. The van der Waals surface area contributed by atoms with Gasteiger partial charge in [0.1, 0.15) is 5.82 Å². The summed E-state index contributed by atoms with van der Waals surface area (Å²) in [6, 6.07) is 52.5. The Bertz CT molecular complexity index is 2410. The van der Waals surface area contributed by atoms with E-state index in [2.05, 4.69) is 162 Å². The van der Waals surface area contributed by atoms with Gasteiger partial charge in [-0.3, -0.25) is 4.57 Å². The van der Waals surface area contributed by atoms with Crippen LogP contribution in [0.2, 0.25) is 0 Å².